The minimum absolute atomic E-state index is 0.0182. The van der Waals surface area contributed by atoms with Gasteiger partial charge in [-0.1, -0.05) is 42.8 Å². The molecule has 2 aromatic carbocycles. The van der Waals surface area contributed by atoms with E-state index in [9.17, 15) is 9.59 Å². The third kappa shape index (κ3) is 6.07. The number of carbonyl (C=O) groups is 2. The predicted molar refractivity (Wildman–Crippen MR) is 121 cm³/mol. The largest absolute Gasteiger partial charge is 0.368 e. The fraction of sp³-hybridized carbons (Fsp3) is 0.391. The van der Waals surface area contributed by atoms with Gasteiger partial charge >= 0.3 is 0 Å². The smallest absolute Gasteiger partial charge is 0.255 e. The van der Waals surface area contributed by atoms with Gasteiger partial charge < -0.3 is 15.1 Å². The molecule has 0 atom stereocenters. The summed E-state index contributed by atoms with van der Waals surface area (Å²) in [6.07, 6.45) is 0.583. The SMILES string of the molecule is CC(C)(C)CC(=O)N1CCN(c2ccc(NC(=O)c3cccc(Br)c3)cc2)CC1. The quantitative estimate of drug-likeness (QED) is 0.717. The van der Waals surface area contributed by atoms with Crippen LogP contribution < -0.4 is 10.2 Å². The first-order valence-electron chi connectivity index (χ1n) is 9.91. The normalized spacial score (nSPS) is 14.6. The predicted octanol–water partition coefficient (Wildman–Crippen LogP) is 4.79. The van der Waals surface area contributed by atoms with Gasteiger partial charge in [0.2, 0.25) is 5.91 Å². The van der Waals surface area contributed by atoms with Crippen LogP contribution in [0.4, 0.5) is 11.4 Å². The first kappa shape index (κ1) is 21.4. The molecule has 5 nitrogen and oxygen atoms in total. The molecule has 1 fully saturated rings. The topological polar surface area (TPSA) is 52.7 Å². The van der Waals surface area contributed by atoms with Crippen LogP contribution in [0.5, 0.6) is 0 Å². The van der Waals surface area contributed by atoms with E-state index < -0.39 is 0 Å². The summed E-state index contributed by atoms with van der Waals surface area (Å²) in [6, 6.07) is 15.2. The van der Waals surface area contributed by atoms with Crippen LogP contribution in [0.1, 0.15) is 37.6 Å². The molecule has 1 saturated heterocycles. The van der Waals surface area contributed by atoms with Crippen LogP contribution in [-0.4, -0.2) is 42.9 Å². The van der Waals surface area contributed by atoms with Crippen molar-refractivity contribution in [3.8, 4) is 0 Å². The Morgan fingerprint density at radius 2 is 1.66 bits per heavy atom. The molecular formula is C23H28BrN3O2. The van der Waals surface area contributed by atoms with Gasteiger partial charge in [-0.3, -0.25) is 9.59 Å². The van der Waals surface area contributed by atoms with E-state index in [0.29, 0.717) is 12.0 Å². The lowest BCUT2D eigenvalue weighted by Crippen LogP contribution is -2.49. The van der Waals surface area contributed by atoms with Crippen molar-refractivity contribution in [3.63, 3.8) is 0 Å². The number of benzene rings is 2. The van der Waals surface area contributed by atoms with Crippen LogP contribution in [0.2, 0.25) is 0 Å². The average molecular weight is 458 g/mol. The molecule has 3 rings (SSSR count). The summed E-state index contributed by atoms with van der Waals surface area (Å²) in [4.78, 5) is 29.0. The zero-order valence-electron chi connectivity index (χ0n) is 17.2. The lowest BCUT2D eigenvalue weighted by atomic mass is 9.91. The van der Waals surface area contributed by atoms with Gasteiger partial charge in [0.25, 0.3) is 5.91 Å². The van der Waals surface area contributed by atoms with Crippen molar-refractivity contribution < 1.29 is 9.59 Å². The number of nitrogens with zero attached hydrogens (tertiary/aromatic N) is 2. The highest BCUT2D eigenvalue weighted by atomic mass is 79.9. The molecule has 6 heteroatoms. The highest BCUT2D eigenvalue weighted by molar-refractivity contribution is 9.10. The van der Waals surface area contributed by atoms with Gasteiger partial charge in [-0.05, 0) is 47.9 Å². The molecule has 1 heterocycles. The number of rotatable bonds is 4. The van der Waals surface area contributed by atoms with E-state index in [0.717, 1.165) is 42.0 Å². The average Bonchev–Trinajstić information content (AvgIpc) is 2.67. The maximum atomic E-state index is 12.4. The maximum Gasteiger partial charge on any atom is 0.255 e. The second kappa shape index (κ2) is 8.99. The van der Waals surface area contributed by atoms with Gasteiger partial charge in [0.05, 0.1) is 0 Å². The molecule has 0 bridgehead atoms. The molecule has 0 spiro atoms. The molecule has 29 heavy (non-hydrogen) atoms. The molecule has 0 radical (unpaired) electrons. The minimum atomic E-state index is -0.134. The van der Waals surface area contributed by atoms with E-state index in [1.165, 1.54) is 0 Å². The second-order valence-corrected chi connectivity index (χ2v) is 9.53. The molecule has 0 aromatic heterocycles. The molecule has 1 aliphatic heterocycles. The number of nitrogens with one attached hydrogen (secondary N) is 1. The van der Waals surface area contributed by atoms with Gasteiger partial charge in [-0.2, -0.15) is 0 Å². The zero-order chi connectivity index (χ0) is 21.0. The Hall–Kier alpha value is -2.34. The monoisotopic (exact) mass is 457 g/mol. The molecule has 2 aromatic rings. The first-order valence-corrected chi connectivity index (χ1v) is 10.7. The van der Waals surface area contributed by atoms with E-state index in [4.69, 9.17) is 0 Å². The number of carbonyl (C=O) groups excluding carboxylic acids is 2. The number of hydrogen-bond donors (Lipinski definition) is 1. The second-order valence-electron chi connectivity index (χ2n) is 8.62. The minimum Gasteiger partial charge on any atom is -0.368 e. The van der Waals surface area contributed by atoms with Crippen LogP contribution in [-0.2, 0) is 4.79 Å². The van der Waals surface area contributed by atoms with Crippen LogP contribution >= 0.6 is 15.9 Å². The van der Waals surface area contributed by atoms with Crippen molar-refractivity contribution >= 4 is 39.1 Å². The van der Waals surface area contributed by atoms with Crippen molar-refractivity contribution in [2.75, 3.05) is 36.4 Å². The van der Waals surface area contributed by atoms with E-state index in [1.54, 1.807) is 12.1 Å². The van der Waals surface area contributed by atoms with Gasteiger partial charge in [0, 0.05) is 54.0 Å². The summed E-state index contributed by atoms with van der Waals surface area (Å²) in [5, 5.41) is 2.93. The van der Waals surface area contributed by atoms with Crippen molar-refractivity contribution in [2.45, 2.75) is 27.2 Å². The Labute approximate surface area is 181 Å². The third-order valence-corrected chi connectivity index (χ3v) is 5.38. The summed E-state index contributed by atoms with van der Waals surface area (Å²) < 4.78 is 0.876. The third-order valence-electron chi connectivity index (χ3n) is 4.89. The Morgan fingerprint density at radius 1 is 1.00 bits per heavy atom. The van der Waals surface area contributed by atoms with E-state index in [2.05, 4.69) is 46.9 Å². The van der Waals surface area contributed by atoms with Crippen molar-refractivity contribution in [2.24, 2.45) is 5.41 Å². The summed E-state index contributed by atoms with van der Waals surface area (Å²) in [6.45, 7) is 9.42. The van der Waals surface area contributed by atoms with Gasteiger partial charge in [-0.15, -0.1) is 0 Å². The summed E-state index contributed by atoms with van der Waals surface area (Å²) in [7, 11) is 0. The molecule has 0 unspecified atom stereocenters. The van der Waals surface area contributed by atoms with Crippen LogP contribution in [0.25, 0.3) is 0 Å². The molecule has 1 N–H and O–H groups in total. The van der Waals surface area contributed by atoms with Gasteiger partial charge in [0.15, 0.2) is 0 Å². The van der Waals surface area contributed by atoms with Crippen LogP contribution in [0, 0.1) is 5.41 Å². The lowest BCUT2D eigenvalue weighted by Gasteiger charge is -2.37. The number of anilines is 2. The van der Waals surface area contributed by atoms with Gasteiger partial charge in [0.1, 0.15) is 0 Å². The van der Waals surface area contributed by atoms with Crippen LogP contribution in [0.15, 0.2) is 53.0 Å². The maximum absolute atomic E-state index is 12.4. The lowest BCUT2D eigenvalue weighted by molar-refractivity contribution is -0.133. The molecule has 0 aliphatic carbocycles. The molecule has 1 aliphatic rings. The number of amides is 2. The summed E-state index contributed by atoms with van der Waals surface area (Å²) in [5.74, 6) is 0.104. The fourth-order valence-electron chi connectivity index (χ4n) is 3.37. The highest BCUT2D eigenvalue weighted by Crippen LogP contribution is 2.23. The zero-order valence-corrected chi connectivity index (χ0v) is 18.8. The molecule has 2 amide bonds. The number of hydrogen-bond acceptors (Lipinski definition) is 3. The van der Waals surface area contributed by atoms with Crippen LogP contribution in [0.3, 0.4) is 0 Å². The summed E-state index contributed by atoms with van der Waals surface area (Å²) in [5.41, 5.74) is 2.50. The van der Waals surface area contributed by atoms with Gasteiger partial charge in [-0.25, -0.2) is 0 Å². The molecule has 154 valence electrons. The van der Waals surface area contributed by atoms with E-state index >= 15 is 0 Å². The molecule has 0 saturated carbocycles. The molecular weight excluding hydrogens is 430 g/mol. The van der Waals surface area contributed by atoms with Crippen molar-refractivity contribution in [3.05, 3.63) is 58.6 Å². The first-order chi connectivity index (χ1) is 13.7. The van der Waals surface area contributed by atoms with Crippen molar-refractivity contribution in [1.29, 1.82) is 0 Å². The Morgan fingerprint density at radius 3 is 2.24 bits per heavy atom. The highest BCUT2D eigenvalue weighted by Gasteiger charge is 2.24. The fourth-order valence-corrected chi connectivity index (χ4v) is 3.77. The van der Waals surface area contributed by atoms with E-state index in [-0.39, 0.29) is 17.2 Å². The Kier molecular flexibility index (Phi) is 6.63. The summed E-state index contributed by atoms with van der Waals surface area (Å²) >= 11 is 3.39. The Bertz CT molecular complexity index is 866. The van der Waals surface area contributed by atoms with E-state index in [1.807, 2.05) is 41.3 Å². The standard InChI is InChI=1S/C23H28BrN3O2/c1-23(2,3)16-21(28)27-13-11-26(12-14-27)20-9-7-19(8-10-20)25-22(29)17-5-4-6-18(24)15-17/h4-10,15H,11-14,16H2,1-3H3,(H,25,29). The Balaban J connectivity index is 1.54. The van der Waals surface area contributed by atoms with Crippen molar-refractivity contribution in [1.82, 2.24) is 4.90 Å². The number of halogens is 1. The number of piperazine rings is 1.